The standard InChI is InChI=1S/C21H19ClFNO/c1-25-20-9-5-2-6-16(20)14-24-21(15-10-12-17(23)13-11-15)18-7-3-4-8-19(18)22/h2-13,21,24H,14H2,1H3/t21-/m1/s1. The van der Waals surface area contributed by atoms with Gasteiger partial charge in [0.1, 0.15) is 11.6 Å². The van der Waals surface area contributed by atoms with Crippen LogP contribution in [-0.2, 0) is 6.54 Å². The Morgan fingerprint density at radius 3 is 2.36 bits per heavy atom. The Kier molecular flexibility index (Phi) is 5.69. The van der Waals surface area contributed by atoms with Crippen molar-refractivity contribution in [3.05, 3.63) is 100 Å². The molecule has 0 fully saturated rings. The van der Waals surface area contributed by atoms with Gasteiger partial charge in [-0.2, -0.15) is 0 Å². The Hall–Kier alpha value is -2.36. The molecular formula is C21H19ClFNO. The van der Waals surface area contributed by atoms with Gasteiger partial charge < -0.3 is 10.1 Å². The first-order chi connectivity index (χ1) is 12.2. The molecule has 0 amide bonds. The Balaban J connectivity index is 1.91. The van der Waals surface area contributed by atoms with Crippen LogP contribution in [0.25, 0.3) is 0 Å². The van der Waals surface area contributed by atoms with Crippen molar-refractivity contribution in [3.8, 4) is 5.75 Å². The summed E-state index contributed by atoms with van der Waals surface area (Å²) in [6.07, 6.45) is 0. The number of benzene rings is 3. The Morgan fingerprint density at radius 2 is 1.64 bits per heavy atom. The van der Waals surface area contributed by atoms with Crippen LogP contribution in [0.1, 0.15) is 22.7 Å². The van der Waals surface area contributed by atoms with Gasteiger partial charge in [-0.05, 0) is 35.4 Å². The molecule has 3 aromatic rings. The highest BCUT2D eigenvalue weighted by atomic mass is 35.5. The quantitative estimate of drug-likeness (QED) is 0.642. The molecule has 25 heavy (non-hydrogen) atoms. The van der Waals surface area contributed by atoms with Crippen molar-refractivity contribution >= 4 is 11.6 Å². The summed E-state index contributed by atoms with van der Waals surface area (Å²) in [6.45, 7) is 0.595. The van der Waals surface area contributed by atoms with E-state index >= 15 is 0 Å². The summed E-state index contributed by atoms with van der Waals surface area (Å²) >= 11 is 6.40. The lowest BCUT2D eigenvalue weighted by Crippen LogP contribution is -2.22. The average molecular weight is 356 g/mol. The van der Waals surface area contributed by atoms with Gasteiger partial charge in [0.25, 0.3) is 0 Å². The van der Waals surface area contributed by atoms with Crippen LogP contribution < -0.4 is 10.1 Å². The zero-order valence-corrected chi connectivity index (χ0v) is 14.6. The molecule has 0 aromatic heterocycles. The summed E-state index contributed by atoms with van der Waals surface area (Å²) in [5.74, 6) is 0.568. The van der Waals surface area contributed by atoms with Crippen molar-refractivity contribution in [1.29, 1.82) is 0 Å². The van der Waals surface area contributed by atoms with E-state index < -0.39 is 0 Å². The normalized spacial score (nSPS) is 12.0. The lowest BCUT2D eigenvalue weighted by molar-refractivity contribution is 0.406. The first-order valence-corrected chi connectivity index (χ1v) is 8.42. The molecule has 3 aromatic carbocycles. The molecule has 128 valence electrons. The molecule has 0 aliphatic rings. The van der Waals surface area contributed by atoms with Crippen LogP contribution in [0.3, 0.4) is 0 Å². The lowest BCUT2D eigenvalue weighted by Gasteiger charge is -2.22. The Labute approximate surface area is 152 Å². The predicted molar refractivity (Wildman–Crippen MR) is 99.5 cm³/mol. The highest BCUT2D eigenvalue weighted by Gasteiger charge is 2.17. The summed E-state index contributed by atoms with van der Waals surface area (Å²) < 4.78 is 18.7. The van der Waals surface area contributed by atoms with Gasteiger partial charge in [-0.15, -0.1) is 0 Å². The third-order valence-corrected chi connectivity index (χ3v) is 4.45. The number of para-hydroxylation sites is 1. The van der Waals surface area contributed by atoms with Crippen molar-refractivity contribution in [2.24, 2.45) is 0 Å². The van der Waals surface area contributed by atoms with Gasteiger partial charge in [-0.25, -0.2) is 4.39 Å². The fourth-order valence-corrected chi connectivity index (χ4v) is 3.08. The van der Waals surface area contributed by atoms with E-state index in [0.717, 1.165) is 22.4 Å². The summed E-state index contributed by atoms with van der Waals surface area (Å²) in [6, 6.07) is 21.9. The molecule has 0 bridgehead atoms. The van der Waals surface area contributed by atoms with Gasteiger partial charge in [-0.1, -0.05) is 60.1 Å². The van der Waals surface area contributed by atoms with Crippen molar-refractivity contribution in [2.75, 3.05) is 7.11 Å². The second-order valence-electron chi connectivity index (χ2n) is 5.70. The van der Waals surface area contributed by atoms with Gasteiger partial charge in [0.15, 0.2) is 0 Å². The largest absolute Gasteiger partial charge is 0.496 e. The number of rotatable bonds is 6. The molecule has 0 unspecified atom stereocenters. The van der Waals surface area contributed by atoms with Crippen LogP contribution in [-0.4, -0.2) is 7.11 Å². The van der Waals surface area contributed by atoms with Gasteiger partial charge >= 0.3 is 0 Å². The zero-order chi connectivity index (χ0) is 17.6. The minimum atomic E-state index is -0.258. The fraction of sp³-hybridized carbons (Fsp3) is 0.143. The number of hydrogen-bond acceptors (Lipinski definition) is 2. The SMILES string of the molecule is COc1ccccc1CN[C@H](c1ccc(F)cc1)c1ccccc1Cl. The Bertz CT molecular complexity index is 835. The zero-order valence-electron chi connectivity index (χ0n) is 13.9. The summed E-state index contributed by atoms with van der Waals surface area (Å²) in [5.41, 5.74) is 2.94. The monoisotopic (exact) mass is 355 g/mol. The lowest BCUT2D eigenvalue weighted by atomic mass is 9.98. The summed E-state index contributed by atoms with van der Waals surface area (Å²) in [7, 11) is 1.66. The van der Waals surface area contributed by atoms with Gasteiger partial charge in [0.2, 0.25) is 0 Å². The first kappa shape index (κ1) is 17.5. The average Bonchev–Trinajstić information content (AvgIpc) is 2.65. The van der Waals surface area contributed by atoms with E-state index in [1.165, 1.54) is 12.1 Å². The number of ether oxygens (including phenoxy) is 1. The molecule has 1 N–H and O–H groups in total. The smallest absolute Gasteiger partial charge is 0.123 e. The molecule has 3 rings (SSSR count). The highest BCUT2D eigenvalue weighted by Crippen LogP contribution is 2.29. The van der Waals surface area contributed by atoms with Crippen LogP contribution >= 0.6 is 11.6 Å². The van der Waals surface area contributed by atoms with Crippen molar-refractivity contribution in [3.63, 3.8) is 0 Å². The van der Waals surface area contributed by atoms with E-state index in [-0.39, 0.29) is 11.9 Å². The molecule has 1 atom stereocenters. The fourth-order valence-electron chi connectivity index (χ4n) is 2.83. The van der Waals surface area contributed by atoms with E-state index in [2.05, 4.69) is 5.32 Å². The van der Waals surface area contributed by atoms with E-state index in [0.29, 0.717) is 11.6 Å². The van der Waals surface area contributed by atoms with E-state index in [9.17, 15) is 4.39 Å². The van der Waals surface area contributed by atoms with E-state index in [1.54, 1.807) is 19.2 Å². The van der Waals surface area contributed by atoms with Crippen LogP contribution in [0.2, 0.25) is 5.02 Å². The molecule has 0 spiro atoms. The molecule has 0 aliphatic carbocycles. The van der Waals surface area contributed by atoms with E-state index in [1.807, 2.05) is 48.5 Å². The first-order valence-electron chi connectivity index (χ1n) is 8.04. The Morgan fingerprint density at radius 1 is 0.960 bits per heavy atom. The second-order valence-corrected chi connectivity index (χ2v) is 6.11. The molecule has 2 nitrogen and oxygen atoms in total. The topological polar surface area (TPSA) is 21.3 Å². The third kappa shape index (κ3) is 4.19. The maximum absolute atomic E-state index is 13.3. The van der Waals surface area contributed by atoms with Crippen molar-refractivity contribution < 1.29 is 9.13 Å². The van der Waals surface area contributed by atoms with Crippen LogP contribution in [0.4, 0.5) is 4.39 Å². The molecular weight excluding hydrogens is 337 g/mol. The summed E-state index contributed by atoms with van der Waals surface area (Å²) in [5, 5.41) is 4.19. The molecule has 4 heteroatoms. The summed E-state index contributed by atoms with van der Waals surface area (Å²) in [4.78, 5) is 0. The maximum Gasteiger partial charge on any atom is 0.123 e. The van der Waals surface area contributed by atoms with Crippen LogP contribution in [0.15, 0.2) is 72.8 Å². The minimum absolute atomic E-state index is 0.154. The van der Waals surface area contributed by atoms with Crippen molar-refractivity contribution in [2.45, 2.75) is 12.6 Å². The number of methoxy groups -OCH3 is 1. The molecule has 0 heterocycles. The number of nitrogens with one attached hydrogen (secondary N) is 1. The molecule has 0 radical (unpaired) electrons. The molecule has 0 aliphatic heterocycles. The molecule has 0 saturated heterocycles. The van der Waals surface area contributed by atoms with E-state index in [4.69, 9.17) is 16.3 Å². The third-order valence-electron chi connectivity index (χ3n) is 4.11. The van der Waals surface area contributed by atoms with Crippen LogP contribution in [0.5, 0.6) is 5.75 Å². The minimum Gasteiger partial charge on any atom is -0.496 e. The van der Waals surface area contributed by atoms with Gasteiger partial charge in [-0.3, -0.25) is 0 Å². The van der Waals surface area contributed by atoms with Gasteiger partial charge in [0, 0.05) is 17.1 Å². The van der Waals surface area contributed by atoms with Crippen LogP contribution in [0, 0.1) is 5.82 Å². The van der Waals surface area contributed by atoms with Crippen molar-refractivity contribution in [1.82, 2.24) is 5.32 Å². The number of hydrogen-bond donors (Lipinski definition) is 1. The molecule has 0 saturated carbocycles. The highest BCUT2D eigenvalue weighted by molar-refractivity contribution is 6.31. The maximum atomic E-state index is 13.3. The second kappa shape index (κ2) is 8.15. The van der Waals surface area contributed by atoms with Gasteiger partial charge in [0.05, 0.1) is 13.2 Å². The predicted octanol–water partition coefficient (Wildman–Crippen LogP) is 5.37. The number of halogens is 2.